The first-order valence-electron chi connectivity index (χ1n) is 13.1. The molecule has 1 heterocycles. The zero-order valence-electron chi connectivity index (χ0n) is 22.5. The number of ether oxygens (including phenoxy) is 1. The summed E-state index contributed by atoms with van der Waals surface area (Å²) in [5, 5.41) is 10.4. The number of Topliss-reactive ketones (excluding diaryl/α,β-unsaturated/α-hetero) is 1. The summed E-state index contributed by atoms with van der Waals surface area (Å²) in [6, 6.07) is 22.6. The standard InChI is InChI=1S/C33H33N3O2/c1-20-12-14-25(15-13-20)38-19-24-17-26(23(4)16-22(24)3)31-27(18-34)33(35)36(28-9-6-5-8-21(28)2)29-10-7-11-30(37)32(29)31/h5-6,8-9,12-17,31H,7,10-11,19,35H2,1-4H3. The topological polar surface area (TPSA) is 79.3 Å². The Morgan fingerprint density at radius 1 is 0.974 bits per heavy atom. The molecule has 0 spiro atoms. The molecule has 1 aliphatic heterocycles. The maximum atomic E-state index is 13.6. The van der Waals surface area contributed by atoms with Crippen LogP contribution in [0.4, 0.5) is 5.69 Å². The molecule has 1 aliphatic carbocycles. The van der Waals surface area contributed by atoms with Crippen LogP contribution in [-0.4, -0.2) is 5.78 Å². The highest BCUT2D eigenvalue weighted by Crippen LogP contribution is 2.47. The number of benzene rings is 3. The van der Waals surface area contributed by atoms with Gasteiger partial charge in [-0.1, -0.05) is 48.0 Å². The SMILES string of the molecule is Cc1ccc(OCc2cc(C3C(C#N)=C(N)N(c4ccccc4C)C4=C3C(=O)CCC4)c(C)cc2C)cc1. The lowest BCUT2D eigenvalue weighted by Gasteiger charge is -2.40. The van der Waals surface area contributed by atoms with Gasteiger partial charge in [-0.05, 0) is 86.6 Å². The summed E-state index contributed by atoms with van der Waals surface area (Å²) >= 11 is 0. The van der Waals surface area contributed by atoms with Crippen molar-refractivity contribution in [3.8, 4) is 11.8 Å². The molecule has 0 saturated heterocycles. The predicted octanol–water partition coefficient (Wildman–Crippen LogP) is 6.80. The number of nitrogens with two attached hydrogens (primary N) is 1. The minimum absolute atomic E-state index is 0.0903. The molecule has 0 radical (unpaired) electrons. The van der Waals surface area contributed by atoms with E-state index in [2.05, 4.69) is 25.1 Å². The van der Waals surface area contributed by atoms with Gasteiger partial charge in [-0.25, -0.2) is 0 Å². The number of nitrogens with zero attached hydrogens (tertiary/aromatic N) is 2. The van der Waals surface area contributed by atoms with Crippen molar-refractivity contribution >= 4 is 11.5 Å². The highest BCUT2D eigenvalue weighted by atomic mass is 16.5. The average molecular weight is 504 g/mol. The van der Waals surface area contributed by atoms with Crippen molar-refractivity contribution in [1.82, 2.24) is 0 Å². The first-order chi connectivity index (χ1) is 18.3. The van der Waals surface area contributed by atoms with Gasteiger partial charge in [0.1, 0.15) is 18.2 Å². The number of aryl methyl sites for hydroxylation is 4. The van der Waals surface area contributed by atoms with Crippen LogP contribution in [-0.2, 0) is 11.4 Å². The lowest BCUT2D eigenvalue weighted by atomic mass is 9.74. The van der Waals surface area contributed by atoms with Crippen LogP contribution in [0.1, 0.15) is 58.6 Å². The second-order valence-corrected chi connectivity index (χ2v) is 10.3. The maximum absolute atomic E-state index is 13.6. The molecule has 1 unspecified atom stereocenters. The van der Waals surface area contributed by atoms with E-state index in [0.717, 1.165) is 57.8 Å². The Balaban J connectivity index is 1.63. The molecule has 3 aromatic rings. The van der Waals surface area contributed by atoms with E-state index >= 15 is 0 Å². The van der Waals surface area contributed by atoms with E-state index in [1.807, 2.05) is 74.2 Å². The summed E-state index contributed by atoms with van der Waals surface area (Å²) in [6.45, 7) is 8.57. The third kappa shape index (κ3) is 4.48. The highest BCUT2D eigenvalue weighted by molar-refractivity contribution is 6.01. The van der Waals surface area contributed by atoms with Gasteiger partial charge in [0.15, 0.2) is 5.78 Å². The Hall–Kier alpha value is -4.30. The van der Waals surface area contributed by atoms with E-state index in [-0.39, 0.29) is 5.78 Å². The second kappa shape index (κ2) is 10.2. The molecule has 0 fully saturated rings. The summed E-state index contributed by atoms with van der Waals surface area (Å²) in [7, 11) is 0. The van der Waals surface area contributed by atoms with Gasteiger partial charge in [0.25, 0.3) is 0 Å². The van der Waals surface area contributed by atoms with Gasteiger partial charge in [-0.2, -0.15) is 5.26 Å². The second-order valence-electron chi connectivity index (χ2n) is 10.3. The summed E-state index contributed by atoms with van der Waals surface area (Å²) in [5.74, 6) is 0.796. The Kier molecular flexibility index (Phi) is 6.82. The molecule has 5 heteroatoms. The quantitative estimate of drug-likeness (QED) is 0.414. The molecule has 0 aromatic heterocycles. The van der Waals surface area contributed by atoms with Gasteiger partial charge in [0, 0.05) is 17.7 Å². The molecule has 5 nitrogen and oxygen atoms in total. The van der Waals surface area contributed by atoms with Gasteiger partial charge >= 0.3 is 0 Å². The summed E-state index contributed by atoms with van der Waals surface area (Å²) in [6.07, 6.45) is 1.98. The van der Waals surface area contributed by atoms with E-state index in [1.165, 1.54) is 5.56 Å². The molecule has 1 atom stereocenters. The first-order valence-corrected chi connectivity index (χ1v) is 13.1. The van der Waals surface area contributed by atoms with E-state index in [9.17, 15) is 10.1 Å². The highest BCUT2D eigenvalue weighted by Gasteiger charge is 2.41. The zero-order valence-corrected chi connectivity index (χ0v) is 22.5. The molecule has 2 N–H and O–H groups in total. The molecule has 2 aliphatic rings. The Labute approximate surface area is 224 Å². The number of rotatable bonds is 5. The minimum Gasteiger partial charge on any atom is -0.489 e. The maximum Gasteiger partial charge on any atom is 0.161 e. The van der Waals surface area contributed by atoms with Crippen LogP contribution in [0.15, 0.2) is 83.3 Å². The van der Waals surface area contributed by atoms with Crippen molar-refractivity contribution in [2.24, 2.45) is 5.73 Å². The Morgan fingerprint density at radius 2 is 1.71 bits per heavy atom. The van der Waals surface area contributed by atoms with Gasteiger partial charge in [0.05, 0.1) is 23.2 Å². The van der Waals surface area contributed by atoms with Crippen molar-refractivity contribution in [3.63, 3.8) is 0 Å². The van der Waals surface area contributed by atoms with E-state index in [1.54, 1.807) is 0 Å². The lowest BCUT2D eigenvalue weighted by molar-refractivity contribution is -0.116. The molecular formula is C33H33N3O2. The van der Waals surface area contributed by atoms with Gasteiger partial charge in [-0.15, -0.1) is 0 Å². The molecule has 3 aromatic carbocycles. The normalized spacial score (nSPS) is 17.4. The van der Waals surface area contributed by atoms with Crippen LogP contribution in [0, 0.1) is 39.0 Å². The van der Waals surface area contributed by atoms with Crippen molar-refractivity contribution in [2.45, 2.75) is 59.5 Å². The first kappa shape index (κ1) is 25.4. The van der Waals surface area contributed by atoms with Crippen molar-refractivity contribution in [3.05, 3.63) is 117 Å². The molecule has 0 bridgehead atoms. The van der Waals surface area contributed by atoms with Gasteiger partial charge < -0.3 is 10.5 Å². The van der Waals surface area contributed by atoms with E-state index in [0.29, 0.717) is 30.0 Å². The van der Waals surface area contributed by atoms with Crippen LogP contribution in [0.5, 0.6) is 5.75 Å². The number of carbonyl (C=O) groups is 1. The third-order valence-corrected chi connectivity index (χ3v) is 7.72. The molecule has 5 rings (SSSR count). The lowest BCUT2D eigenvalue weighted by Crippen LogP contribution is -2.39. The largest absolute Gasteiger partial charge is 0.489 e. The Morgan fingerprint density at radius 3 is 2.42 bits per heavy atom. The molecule has 0 amide bonds. The van der Waals surface area contributed by atoms with E-state index in [4.69, 9.17) is 10.5 Å². The number of hydrogen-bond donors (Lipinski definition) is 1. The number of allylic oxidation sites excluding steroid dienone is 3. The zero-order chi connectivity index (χ0) is 27.0. The predicted molar refractivity (Wildman–Crippen MR) is 151 cm³/mol. The molecule has 0 saturated carbocycles. The average Bonchev–Trinajstić information content (AvgIpc) is 2.89. The number of nitriles is 1. The number of carbonyl (C=O) groups excluding carboxylic acids is 1. The fourth-order valence-electron chi connectivity index (χ4n) is 5.67. The van der Waals surface area contributed by atoms with Crippen LogP contribution in [0.2, 0.25) is 0 Å². The van der Waals surface area contributed by atoms with Crippen molar-refractivity contribution in [1.29, 1.82) is 5.26 Å². The number of hydrogen-bond acceptors (Lipinski definition) is 5. The van der Waals surface area contributed by atoms with Crippen molar-refractivity contribution in [2.75, 3.05) is 4.90 Å². The fourth-order valence-corrected chi connectivity index (χ4v) is 5.67. The van der Waals surface area contributed by atoms with Crippen molar-refractivity contribution < 1.29 is 9.53 Å². The van der Waals surface area contributed by atoms with Gasteiger partial charge in [-0.3, -0.25) is 9.69 Å². The minimum atomic E-state index is -0.498. The van der Waals surface area contributed by atoms with Crippen LogP contribution >= 0.6 is 0 Å². The third-order valence-electron chi connectivity index (χ3n) is 7.72. The molecular weight excluding hydrogens is 470 g/mol. The molecule has 192 valence electrons. The number of anilines is 1. The van der Waals surface area contributed by atoms with Crippen LogP contribution in [0.25, 0.3) is 0 Å². The number of ketones is 1. The summed E-state index contributed by atoms with van der Waals surface area (Å²) in [5.41, 5.74) is 16.0. The summed E-state index contributed by atoms with van der Waals surface area (Å²) < 4.78 is 6.11. The Bertz CT molecular complexity index is 1520. The molecule has 38 heavy (non-hydrogen) atoms. The van der Waals surface area contributed by atoms with Gasteiger partial charge in [0.2, 0.25) is 0 Å². The smallest absolute Gasteiger partial charge is 0.161 e. The van der Waals surface area contributed by atoms with Crippen LogP contribution < -0.4 is 15.4 Å². The monoisotopic (exact) mass is 503 g/mol. The van der Waals surface area contributed by atoms with Crippen LogP contribution in [0.3, 0.4) is 0 Å². The van der Waals surface area contributed by atoms with E-state index < -0.39 is 5.92 Å². The fraction of sp³-hybridized carbons (Fsp3) is 0.273. The summed E-state index contributed by atoms with van der Waals surface area (Å²) in [4.78, 5) is 15.5. The number of para-hydroxylation sites is 1.